The zero-order valence-corrected chi connectivity index (χ0v) is 16.0. The Morgan fingerprint density at radius 1 is 1.04 bits per heavy atom. The fourth-order valence-electron chi connectivity index (χ4n) is 3.44. The molecule has 7 nitrogen and oxygen atoms in total. The number of hydrogen-bond donors (Lipinski definition) is 0. The van der Waals surface area contributed by atoms with E-state index in [4.69, 9.17) is 11.6 Å². The van der Waals surface area contributed by atoms with Gasteiger partial charge in [-0.25, -0.2) is 8.42 Å². The van der Waals surface area contributed by atoms with Crippen LogP contribution >= 0.6 is 11.6 Å². The summed E-state index contributed by atoms with van der Waals surface area (Å²) in [7, 11) is -3.65. The fraction of sp³-hybridized carbons (Fsp3) is 0.529. The third kappa shape index (κ3) is 3.87. The molecule has 2 amide bonds. The summed E-state index contributed by atoms with van der Waals surface area (Å²) in [5.74, 6) is -0.110. The Morgan fingerprint density at radius 3 is 2.23 bits per heavy atom. The van der Waals surface area contributed by atoms with E-state index in [1.807, 2.05) is 0 Å². The van der Waals surface area contributed by atoms with Crippen LogP contribution in [0.25, 0.3) is 0 Å². The molecule has 1 aromatic carbocycles. The normalized spacial score (nSPS) is 20.2. The molecule has 1 aromatic rings. The second-order valence-electron chi connectivity index (χ2n) is 6.58. The predicted octanol–water partition coefficient (Wildman–Crippen LogP) is 1.04. The van der Waals surface area contributed by atoms with Gasteiger partial charge in [0.15, 0.2) is 0 Å². The number of rotatable bonds is 4. The lowest BCUT2D eigenvalue weighted by molar-refractivity contribution is -0.140. The van der Waals surface area contributed by atoms with E-state index < -0.39 is 10.0 Å². The molecule has 0 spiro atoms. The van der Waals surface area contributed by atoms with Crippen molar-refractivity contribution in [2.45, 2.75) is 17.7 Å². The summed E-state index contributed by atoms with van der Waals surface area (Å²) in [5, 5.41) is 0.207. The van der Waals surface area contributed by atoms with E-state index in [-0.39, 0.29) is 21.7 Å². The van der Waals surface area contributed by atoms with E-state index in [1.165, 1.54) is 10.4 Å². The van der Waals surface area contributed by atoms with Gasteiger partial charge in [0, 0.05) is 45.2 Å². The minimum absolute atomic E-state index is 0.0605. The molecule has 0 bridgehead atoms. The van der Waals surface area contributed by atoms with Crippen molar-refractivity contribution in [3.05, 3.63) is 29.3 Å². The molecule has 0 aromatic heterocycles. The molecule has 2 heterocycles. The Bertz CT molecular complexity index is 770. The third-order valence-corrected chi connectivity index (χ3v) is 7.43. The summed E-state index contributed by atoms with van der Waals surface area (Å²) in [5.41, 5.74) is 0. The standard InChI is InChI=1S/C17H22ClN3O4S/c18-15-3-1-2-4-16(15)26(24,25)21-7-5-14(6-8-21)17(23)20-11-9-19(13-22)10-12-20/h1-4,13-14H,5-12H2. The van der Waals surface area contributed by atoms with Crippen LogP contribution in [0.3, 0.4) is 0 Å². The molecule has 0 atom stereocenters. The molecule has 0 aliphatic carbocycles. The quantitative estimate of drug-likeness (QED) is 0.709. The maximum absolute atomic E-state index is 12.8. The van der Waals surface area contributed by atoms with Crippen molar-refractivity contribution in [3.63, 3.8) is 0 Å². The number of sulfonamides is 1. The van der Waals surface area contributed by atoms with Gasteiger partial charge in [0.05, 0.1) is 5.02 Å². The highest BCUT2D eigenvalue weighted by molar-refractivity contribution is 7.89. The zero-order chi connectivity index (χ0) is 18.7. The molecule has 26 heavy (non-hydrogen) atoms. The van der Waals surface area contributed by atoms with Crippen LogP contribution in [-0.2, 0) is 19.6 Å². The topological polar surface area (TPSA) is 78.0 Å². The highest BCUT2D eigenvalue weighted by Gasteiger charge is 2.35. The second-order valence-corrected chi connectivity index (χ2v) is 8.89. The fourth-order valence-corrected chi connectivity index (χ4v) is 5.40. The predicted molar refractivity (Wildman–Crippen MR) is 97.2 cm³/mol. The lowest BCUT2D eigenvalue weighted by atomic mass is 9.96. The van der Waals surface area contributed by atoms with Crippen molar-refractivity contribution in [1.82, 2.24) is 14.1 Å². The number of amides is 2. The summed E-state index contributed by atoms with van der Waals surface area (Å²) in [6.45, 7) is 2.78. The molecular weight excluding hydrogens is 378 g/mol. The number of halogens is 1. The Balaban J connectivity index is 1.60. The molecule has 0 radical (unpaired) electrons. The molecular formula is C17H22ClN3O4S. The smallest absolute Gasteiger partial charge is 0.244 e. The van der Waals surface area contributed by atoms with Gasteiger partial charge >= 0.3 is 0 Å². The van der Waals surface area contributed by atoms with Crippen molar-refractivity contribution in [2.24, 2.45) is 5.92 Å². The number of carbonyl (C=O) groups is 2. The molecule has 142 valence electrons. The highest BCUT2D eigenvalue weighted by atomic mass is 35.5. The summed E-state index contributed by atoms with van der Waals surface area (Å²) in [6.07, 6.45) is 1.80. The largest absolute Gasteiger partial charge is 0.342 e. The average Bonchev–Trinajstić information content (AvgIpc) is 2.68. The van der Waals surface area contributed by atoms with E-state index in [0.29, 0.717) is 52.1 Å². The SMILES string of the molecule is O=CN1CCN(C(=O)C2CCN(S(=O)(=O)c3ccccc3Cl)CC2)CC1. The minimum atomic E-state index is -3.65. The van der Waals surface area contributed by atoms with Gasteiger partial charge < -0.3 is 9.80 Å². The first-order valence-corrected chi connectivity index (χ1v) is 10.5. The van der Waals surface area contributed by atoms with E-state index >= 15 is 0 Å². The number of nitrogens with zero attached hydrogens (tertiary/aromatic N) is 3. The highest BCUT2D eigenvalue weighted by Crippen LogP contribution is 2.28. The van der Waals surface area contributed by atoms with Crippen LogP contribution in [0.4, 0.5) is 0 Å². The van der Waals surface area contributed by atoms with E-state index in [1.54, 1.807) is 28.0 Å². The summed E-state index contributed by atoms with van der Waals surface area (Å²) >= 11 is 6.04. The molecule has 9 heteroatoms. The molecule has 0 saturated carbocycles. The number of piperidine rings is 1. The monoisotopic (exact) mass is 399 g/mol. The van der Waals surface area contributed by atoms with Crippen LogP contribution in [0.15, 0.2) is 29.2 Å². The molecule has 2 aliphatic rings. The van der Waals surface area contributed by atoms with Gasteiger partial charge in [-0.05, 0) is 25.0 Å². The Labute approximate surface area is 158 Å². The van der Waals surface area contributed by atoms with Gasteiger partial charge in [0.2, 0.25) is 22.3 Å². The molecule has 2 aliphatic heterocycles. The first-order valence-electron chi connectivity index (χ1n) is 8.66. The van der Waals surface area contributed by atoms with Crippen LogP contribution in [0, 0.1) is 5.92 Å². The first kappa shape index (κ1) is 19.1. The number of benzene rings is 1. The maximum Gasteiger partial charge on any atom is 0.244 e. The van der Waals surface area contributed by atoms with Crippen LogP contribution in [0.2, 0.25) is 5.02 Å². The summed E-state index contributed by atoms with van der Waals surface area (Å²) in [6, 6.07) is 6.40. The van der Waals surface area contributed by atoms with Gasteiger partial charge in [-0.15, -0.1) is 0 Å². The van der Waals surface area contributed by atoms with Crippen molar-refractivity contribution >= 4 is 33.9 Å². The average molecular weight is 400 g/mol. The van der Waals surface area contributed by atoms with Crippen LogP contribution in [-0.4, -0.2) is 74.1 Å². The van der Waals surface area contributed by atoms with Crippen LogP contribution in [0.1, 0.15) is 12.8 Å². The van der Waals surface area contributed by atoms with Crippen LogP contribution in [0.5, 0.6) is 0 Å². The van der Waals surface area contributed by atoms with E-state index in [9.17, 15) is 18.0 Å². The summed E-state index contributed by atoms with van der Waals surface area (Å²) in [4.78, 5) is 27.0. The third-order valence-electron chi connectivity index (χ3n) is 5.03. The number of piperazine rings is 1. The Kier molecular flexibility index (Phi) is 5.84. The summed E-state index contributed by atoms with van der Waals surface area (Å²) < 4.78 is 26.9. The Morgan fingerprint density at radius 2 is 1.65 bits per heavy atom. The van der Waals surface area contributed by atoms with Crippen molar-refractivity contribution in [1.29, 1.82) is 0 Å². The van der Waals surface area contributed by atoms with Gasteiger partial charge in [0.25, 0.3) is 0 Å². The molecule has 2 saturated heterocycles. The number of hydrogen-bond acceptors (Lipinski definition) is 4. The zero-order valence-electron chi connectivity index (χ0n) is 14.4. The number of carbonyl (C=O) groups excluding carboxylic acids is 2. The molecule has 2 fully saturated rings. The molecule has 3 rings (SSSR count). The van der Waals surface area contributed by atoms with E-state index in [0.717, 1.165) is 6.41 Å². The Hall–Kier alpha value is -1.64. The van der Waals surface area contributed by atoms with Gasteiger partial charge in [-0.1, -0.05) is 23.7 Å². The second kappa shape index (κ2) is 7.94. The lowest BCUT2D eigenvalue weighted by Gasteiger charge is -2.37. The van der Waals surface area contributed by atoms with Crippen LogP contribution < -0.4 is 0 Å². The first-order chi connectivity index (χ1) is 12.4. The molecule has 0 N–H and O–H groups in total. The van der Waals surface area contributed by atoms with Gasteiger partial charge in [-0.2, -0.15) is 4.31 Å². The van der Waals surface area contributed by atoms with E-state index in [2.05, 4.69) is 0 Å². The van der Waals surface area contributed by atoms with Gasteiger partial charge in [-0.3, -0.25) is 9.59 Å². The minimum Gasteiger partial charge on any atom is -0.342 e. The maximum atomic E-state index is 12.8. The molecule has 0 unspecified atom stereocenters. The lowest BCUT2D eigenvalue weighted by Crippen LogP contribution is -2.51. The van der Waals surface area contributed by atoms with Crippen molar-refractivity contribution < 1.29 is 18.0 Å². The van der Waals surface area contributed by atoms with Crippen molar-refractivity contribution in [3.8, 4) is 0 Å². The van der Waals surface area contributed by atoms with Crippen molar-refractivity contribution in [2.75, 3.05) is 39.3 Å². The van der Waals surface area contributed by atoms with Gasteiger partial charge in [0.1, 0.15) is 4.90 Å².